The van der Waals surface area contributed by atoms with Crippen molar-refractivity contribution in [2.45, 2.75) is 45.4 Å². The number of nitrogens with one attached hydrogen (secondary N) is 1. The zero-order valence-electron chi connectivity index (χ0n) is 11.4. The molecule has 1 heterocycles. The maximum absolute atomic E-state index is 6.18. The Morgan fingerprint density at radius 3 is 2.35 bits per heavy atom. The van der Waals surface area contributed by atoms with Gasteiger partial charge in [-0.2, -0.15) is 0 Å². The Labute approximate surface area is 110 Å². The highest BCUT2D eigenvalue weighted by atomic mass is 35.5. The minimum Gasteiger partial charge on any atom is -0.369 e. The molecule has 96 valence electrons. The average Bonchev–Trinajstić information content (AvgIpc) is 2.25. The van der Waals surface area contributed by atoms with Crippen molar-refractivity contribution in [2.75, 3.05) is 11.9 Å². The summed E-state index contributed by atoms with van der Waals surface area (Å²) >= 11 is 6.18. The second-order valence-corrected chi connectivity index (χ2v) is 6.38. The van der Waals surface area contributed by atoms with Crippen molar-refractivity contribution < 1.29 is 0 Å². The molecule has 0 fully saturated rings. The summed E-state index contributed by atoms with van der Waals surface area (Å²) in [7, 11) is 0. The number of pyridine rings is 1. The lowest BCUT2D eigenvalue weighted by Gasteiger charge is -2.19. The van der Waals surface area contributed by atoms with Gasteiger partial charge in [-0.15, -0.1) is 11.6 Å². The first-order valence-corrected chi connectivity index (χ1v) is 6.59. The van der Waals surface area contributed by atoms with Gasteiger partial charge < -0.3 is 5.32 Å². The second kappa shape index (κ2) is 5.72. The van der Waals surface area contributed by atoms with E-state index in [9.17, 15) is 0 Å². The highest BCUT2D eigenvalue weighted by Gasteiger charge is 2.14. The fourth-order valence-corrected chi connectivity index (χ4v) is 1.46. The SMILES string of the molecule is CC(C)C(Cl)CNc1ccc(C(C)(C)C)cn1. The van der Waals surface area contributed by atoms with Gasteiger partial charge in [0.05, 0.1) is 5.38 Å². The molecule has 1 aromatic heterocycles. The molecule has 0 aliphatic carbocycles. The summed E-state index contributed by atoms with van der Waals surface area (Å²) in [5.41, 5.74) is 1.40. The van der Waals surface area contributed by atoms with E-state index in [1.807, 2.05) is 12.3 Å². The van der Waals surface area contributed by atoms with Crippen LogP contribution in [-0.2, 0) is 5.41 Å². The van der Waals surface area contributed by atoms with Crippen LogP contribution < -0.4 is 5.32 Å². The molecule has 0 saturated carbocycles. The zero-order chi connectivity index (χ0) is 13.1. The van der Waals surface area contributed by atoms with E-state index < -0.39 is 0 Å². The normalized spacial score (nSPS) is 13.8. The highest BCUT2D eigenvalue weighted by Crippen LogP contribution is 2.22. The molecule has 1 atom stereocenters. The number of hydrogen-bond acceptors (Lipinski definition) is 2. The van der Waals surface area contributed by atoms with E-state index in [0.29, 0.717) is 5.92 Å². The van der Waals surface area contributed by atoms with Gasteiger partial charge in [-0.1, -0.05) is 40.7 Å². The Balaban J connectivity index is 2.57. The molecule has 0 amide bonds. The molecule has 3 heteroatoms. The van der Waals surface area contributed by atoms with Gasteiger partial charge in [-0.25, -0.2) is 4.98 Å². The van der Waals surface area contributed by atoms with E-state index in [1.165, 1.54) is 5.56 Å². The number of aromatic nitrogens is 1. The van der Waals surface area contributed by atoms with Gasteiger partial charge in [-0.05, 0) is 23.0 Å². The predicted molar refractivity (Wildman–Crippen MR) is 75.9 cm³/mol. The lowest BCUT2D eigenvalue weighted by Crippen LogP contribution is -2.20. The van der Waals surface area contributed by atoms with Crippen LogP contribution in [0.15, 0.2) is 18.3 Å². The number of nitrogens with zero attached hydrogens (tertiary/aromatic N) is 1. The molecule has 0 aromatic carbocycles. The summed E-state index contributed by atoms with van der Waals surface area (Å²) in [4.78, 5) is 4.41. The third-order valence-corrected chi connectivity index (χ3v) is 3.49. The van der Waals surface area contributed by atoms with Gasteiger partial charge in [0.1, 0.15) is 5.82 Å². The van der Waals surface area contributed by atoms with Crippen LogP contribution in [0.3, 0.4) is 0 Å². The predicted octanol–water partition coefficient (Wildman–Crippen LogP) is 4.05. The topological polar surface area (TPSA) is 24.9 Å². The standard InChI is InChI=1S/C14H23ClN2/c1-10(2)12(15)9-17-13-7-6-11(8-16-13)14(3,4)5/h6-8,10,12H,9H2,1-5H3,(H,16,17). The molecule has 17 heavy (non-hydrogen) atoms. The van der Waals surface area contributed by atoms with Crippen LogP contribution in [0.2, 0.25) is 0 Å². The van der Waals surface area contributed by atoms with Crippen LogP contribution in [0.5, 0.6) is 0 Å². The number of anilines is 1. The summed E-state index contributed by atoms with van der Waals surface area (Å²) in [6.45, 7) is 11.5. The van der Waals surface area contributed by atoms with Crippen molar-refractivity contribution in [1.82, 2.24) is 4.98 Å². The molecule has 0 saturated heterocycles. The Morgan fingerprint density at radius 1 is 1.29 bits per heavy atom. The lowest BCUT2D eigenvalue weighted by molar-refractivity contribution is 0.587. The molecule has 1 unspecified atom stereocenters. The van der Waals surface area contributed by atoms with E-state index in [2.05, 4.69) is 51.0 Å². The van der Waals surface area contributed by atoms with Crippen LogP contribution in [0, 0.1) is 5.92 Å². The highest BCUT2D eigenvalue weighted by molar-refractivity contribution is 6.21. The summed E-state index contributed by atoms with van der Waals surface area (Å²) in [6.07, 6.45) is 1.93. The van der Waals surface area contributed by atoms with E-state index in [1.54, 1.807) is 0 Å². The van der Waals surface area contributed by atoms with Crippen LogP contribution in [0.25, 0.3) is 0 Å². The van der Waals surface area contributed by atoms with Gasteiger partial charge in [0.2, 0.25) is 0 Å². The van der Waals surface area contributed by atoms with Gasteiger partial charge in [-0.3, -0.25) is 0 Å². The summed E-state index contributed by atoms with van der Waals surface area (Å²) in [6, 6.07) is 4.14. The summed E-state index contributed by atoms with van der Waals surface area (Å²) < 4.78 is 0. The number of alkyl halides is 1. The van der Waals surface area contributed by atoms with Crippen LogP contribution in [-0.4, -0.2) is 16.9 Å². The number of halogens is 1. The minimum atomic E-state index is 0.138. The van der Waals surface area contributed by atoms with Crippen molar-refractivity contribution in [1.29, 1.82) is 0 Å². The van der Waals surface area contributed by atoms with Gasteiger partial charge in [0.15, 0.2) is 0 Å². The molecule has 1 aromatic rings. The molecule has 0 aliphatic heterocycles. The van der Waals surface area contributed by atoms with E-state index in [0.717, 1.165) is 12.4 Å². The molecular weight excluding hydrogens is 232 g/mol. The van der Waals surface area contributed by atoms with Gasteiger partial charge >= 0.3 is 0 Å². The molecule has 0 aliphatic rings. The lowest BCUT2D eigenvalue weighted by atomic mass is 9.88. The van der Waals surface area contributed by atoms with Gasteiger partial charge in [0.25, 0.3) is 0 Å². The Morgan fingerprint density at radius 2 is 1.94 bits per heavy atom. The quantitative estimate of drug-likeness (QED) is 0.820. The van der Waals surface area contributed by atoms with Crippen LogP contribution in [0.1, 0.15) is 40.2 Å². The first kappa shape index (κ1) is 14.3. The fourth-order valence-electron chi connectivity index (χ4n) is 1.38. The third kappa shape index (κ3) is 4.55. The molecule has 2 nitrogen and oxygen atoms in total. The van der Waals surface area contributed by atoms with Crippen LogP contribution in [0.4, 0.5) is 5.82 Å². The molecule has 0 bridgehead atoms. The zero-order valence-corrected chi connectivity index (χ0v) is 12.2. The third-order valence-electron chi connectivity index (χ3n) is 2.83. The fraction of sp³-hybridized carbons (Fsp3) is 0.643. The second-order valence-electron chi connectivity index (χ2n) is 5.82. The van der Waals surface area contributed by atoms with Crippen molar-refractivity contribution >= 4 is 17.4 Å². The number of rotatable bonds is 4. The summed E-state index contributed by atoms with van der Waals surface area (Å²) in [5.74, 6) is 1.36. The molecule has 0 spiro atoms. The largest absolute Gasteiger partial charge is 0.369 e. The molecule has 0 radical (unpaired) electrons. The van der Waals surface area contributed by atoms with Crippen molar-refractivity contribution in [3.05, 3.63) is 23.9 Å². The Bertz CT molecular complexity index is 338. The van der Waals surface area contributed by atoms with Gasteiger partial charge in [0, 0.05) is 12.7 Å². The number of hydrogen-bond donors (Lipinski definition) is 1. The first-order valence-electron chi connectivity index (χ1n) is 6.15. The first-order chi connectivity index (χ1) is 7.80. The van der Waals surface area contributed by atoms with Crippen LogP contribution >= 0.6 is 11.6 Å². The Hall–Kier alpha value is -0.760. The van der Waals surface area contributed by atoms with Crippen molar-refractivity contribution in [3.8, 4) is 0 Å². The smallest absolute Gasteiger partial charge is 0.125 e. The van der Waals surface area contributed by atoms with Crippen molar-refractivity contribution in [3.63, 3.8) is 0 Å². The summed E-state index contributed by atoms with van der Waals surface area (Å²) in [5, 5.41) is 3.40. The maximum Gasteiger partial charge on any atom is 0.125 e. The Kier molecular flexibility index (Phi) is 4.81. The van der Waals surface area contributed by atoms with E-state index in [4.69, 9.17) is 11.6 Å². The molecular formula is C14H23ClN2. The minimum absolute atomic E-state index is 0.138. The van der Waals surface area contributed by atoms with E-state index >= 15 is 0 Å². The molecule has 1 N–H and O–H groups in total. The average molecular weight is 255 g/mol. The molecule has 1 rings (SSSR count). The van der Waals surface area contributed by atoms with E-state index in [-0.39, 0.29) is 10.8 Å². The van der Waals surface area contributed by atoms with Crippen molar-refractivity contribution in [2.24, 2.45) is 5.92 Å². The monoisotopic (exact) mass is 254 g/mol. The maximum atomic E-state index is 6.18.